The summed E-state index contributed by atoms with van der Waals surface area (Å²) >= 11 is 1.33. The molecule has 1 aliphatic carbocycles. The Hall–Kier alpha value is -3.20. The normalized spacial score (nSPS) is 19.9. The van der Waals surface area contributed by atoms with E-state index < -0.39 is 35.8 Å². The van der Waals surface area contributed by atoms with Gasteiger partial charge in [0, 0.05) is 4.88 Å². The quantitative estimate of drug-likeness (QED) is 0.557. The molecule has 9 heteroatoms. The highest BCUT2D eigenvalue weighted by molar-refractivity contribution is 7.17. The van der Waals surface area contributed by atoms with Crippen LogP contribution in [0.3, 0.4) is 0 Å². The van der Waals surface area contributed by atoms with Crippen LogP contribution in [0.1, 0.15) is 53.1 Å². The number of anilines is 1. The van der Waals surface area contributed by atoms with E-state index in [0.29, 0.717) is 22.5 Å². The highest BCUT2D eigenvalue weighted by atomic mass is 32.1. The van der Waals surface area contributed by atoms with Crippen molar-refractivity contribution < 1.29 is 19.2 Å². The maximum Gasteiger partial charge on any atom is 0.325 e. The molecule has 168 valence electrons. The highest BCUT2D eigenvalue weighted by Gasteiger charge is 2.52. The van der Waals surface area contributed by atoms with Crippen molar-refractivity contribution in [3.05, 3.63) is 51.9 Å². The number of thiophene rings is 1. The molecular weight excluding hydrogens is 428 g/mol. The highest BCUT2D eigenvalue weighted by Crippen LogP contribution is 2.39. The van der Waals surface area contributed by atoms with Crippen molar-refractivity contribution in [3.63, 3.8) is 0 Å². The summed E-state index contributed by atoms with van der Waals surface area (Å²) in [6.07, 6.45) is 2.96. The average molecular weight is 455 g/mol. The summed E-state index contributed by atoms with van der Waals surface area (Å²) in [6, 6.07) is 8.46. The van der Waals surface area contributed by atoms with Crippen molar-refractivity contribution in [1.29, 1.82) is 0 Å². The maximum atomic E-state index is 13.4. The molecule has 2 aromatic rings. The van der Waals surface area contributed by atoms with E-state index in [1.807, 2.05) is 32.0 Å². The zero-order valence-corrected chi connectivity index (χ0v) is 18.9. The number of carbonyl (C=O) groups excluding carboxylic acids is 4. The number of nitrogens with two attached hydrogens (primary N) is 1. The van der Waals surface area contributed by atoms with Crippen LogP contribution in [0.2, 0.25) is 0 Å². The molecule has 1 saturated heterocycles. The van der Waals surface area contributed by atoms with Crippen LogP contribution in [0, 0.1) is 5.92 Å². The number of urea groups is 1. The summed E-state index contributed by atoms with van der Waals surface area (Å²) < 4.78 is 0. The summed E-state index contributed by atoms with van der Waals surface area (Å²) in [5, 5.41) is 5.92. The monoisotopic (exact) mass is 454 g/mol. The Balaban J connectivity index is 1.56. The summed E-state index contributed by atoms with van der Waals surface area (Å²) in [4.78, 5) is 53.0. The predicted octanol–water partition coefficient (Wildman–Crippen LogP) is 2.77. The van der Waals surface area contributed by atoms with Crippen molar-refractivity contribution in [1.82, 2.24) is 10.2 Å². The van der Waals surface area contributed by atoms with E-state index in [0.717, 1.165) is 34.6 Å². The smallest absolute Gasteiger partial charge is 0.325 e. The number of hydrogen-bond donors (Lipinski definition) is 3. The molecule has 1 fully saturated rings. The Morgan fingerprint density at radius 2 is 1.94 bits per heavy atom. The number of rotatable bonds is 7. The topological polar surface area (TPSA) is 122 Å². The number of fused-ring (bicyclic) bond motifs is 1. The molecule has 2 heterocycles. The van der Waals surface area contributed by atoms with Gasteiger partial charge in [-0.15, -0.1) is 11.3 Å². The van der Waals surface area contributed by atoms with Gasteiger partial charge in [-0.25, -0.2) is 4.79 Å². The van der Waals surface area contributed by atoms with Crippen LogP contribution >= 0.6 is 11.3 Å². The summed E-state index contributed by atoms with van der Waals surface area (Å²) in [7, 11) is 0. The minimum atomic E-state index is -1.21. The fourth-order valence-electron chi connectivity index (χ4n) is 4.62. The van der Waals surface area contributed by atoms with Gasteiger partial charge >= 0.3 is 6.03 Å². The Morgan fingerprint density at radius 3 is 2.59 bits per heavy atom. The number of hydrogen-bond acceptors (Lipinski definition) is 5. The molecule has 1 aromatic carbocycles. The lowest BCUT2D eigenvalue weighted by molar-refractivity contribution is -0.134. The van der Waals surface area contributed by atoms with E-state index in [1.54, 1.807) is 12.1 Å². The number of benzene rings is 1. The van der Waals surface area contributed by atoms with Crippen LogP contribution in [0.15, 0.2) is 30.3 Å². The fourth-order valence-corrected chi connectivity index (χ4v) is 5.93. The van der Waals surface area contributed by atoms with Crippen molar-refractivity contribution in [3.8, 4) is 0 Å². The SMILES string of the molecule is CC(C)C[C@]1(c2ccccc2)NC(=O)N(CC(=O)Nc2sc3c(c2C(N)=O)CCC3)C1=O. The third kappa shape index (κ3) is 3.77. The minimum absolute atomic E-state index is 0.125. The molecule has 1 aliphatic heterocycles. The van der Waals surface area contributed by atoms with E-state index in [4.69, 9.17) is 5.73 Å². The largest absolute Gasteiger partial charge is 0.365 e. The van der Waals surface area contributed by atoms with Gasteiger partial charge in [0.25, 0.3) is 11.8 Å². The zero-order valence-electron chi connectivity index (χ0n) is 18.1. The van der Waals surface area contributed by atoms with Crippen molar-refractivity contribution in [2.75, 3.05) is 11.9 Å². The first-order chi connectivity index (χ1) is 15.2. The van der Waals surface area contributed by atoms with E-state index >= 15 is 0 Å². The molecule has 2 aliphatic rings. The molecule has 32 heavy (non-hydrogen) atoms. The van der Waals surface area contributed by atoms with Crippen molar-refractivity contribution in [2.45, 2.75) is 45.1 Å². The Morgan fingerprint density at radius 1 is 1.22 bits per heavy atom. The zero-order chi connectivity index (χ0) is 23.0. The molecule has 0 unspecified atom stereocenters. The molecule has 1 aromatic heterocycles. The first-order valence-corrected chi connectivity index (χ1v) is 11.5. The van der Waals surface area contributed by atoms with E-state index in [2.05, 4.69) is 10.6 Å². The second kappa shape index (κ2) is 8.38. The van der Waals surface area contributed by atoms with Gasteiger partial charge in [-0.3, -0.25) is 19.3 Å². The minimum Gasteiger partial charge on any atom is -0.365 e. The Bertz CT molecular complexity index is 1090. The predicted molar refractivity (Wildman–Crippen MR) is 121 cm³/mol. The van der Waals surface area contributed by atoms with E-state index in [-0.39, 0.29) is 5.92 Å². The number of nitrogens with zero attached hydrogens (tertiary/aromatic N) is 1. The van der Waals surface area contributed by atoms with Gasteiger partial charge in [-0.05, 0) is 42.7 Å². The van der Waals surface area contributed by atoms with Crippen molar-refractivity contribution >= 4 is 40.1 Å². The van der Waals surface area contributed by atoms with Crippen LogP contribution in [0.4, 0.5) is 9.80 Å². The molecule has 8 nitrogen and oxygen atoms in total. The third-order valence-corrected chi connectivity index (χ3v) is 7.09. The van der Waals surface area contributed by atoms with Crippen molar-refractivity contribution in [2.24, 2.45) is 11.7 Å². The molecule has 0 saturated carbocycles. The second-order valence-electron chi connectivity index (χ2n) is 8.66. The lowest BCUT2D eigenvalue weighted by Crippen LogP contribution is -2.45. The first-order valence-electron chi connectivity index (χ1n) is 10.7. The molecular formula is C23H26N4O4S. The Kier molecular flexibility index (Phi) is 5.77. The van der Waals surface area contributed by atoms with E-state index in [9.17, 15) is 19.2 Å². The van der Waals surface area contributed by atoms with Crippen LogP contribution in [0.5, 0.6) is 0 Å². The van der Waals surface area contributed by atoms with E-state index in [1.165, 1.54) is 11.3 Å². The molecule has 1 atom stereocenters. The maximum absolute atomic E-state index is 13.4. The number of carbonyl (C=O) groups is 4. The van der Waals surface area contributed by atoms with Gasteiger partial charge in [0.2, 0.25) is 5.91 Å². The molecule has 0 bridgehead atoms. The second-order valence-corrected chi connectivity index (χ2v) is 9.77. The molecule has 0 radical (unpaired) electrons. The summed E-state index contributed by atoms with van der Waals surface area (Å²) in [6.45, 7) is 3.50. The standard InChI is InChI=1S/C23H26N4O4S/c1-13(2)11-23(14-7-4-3-5-8-14)21(30)27(22(31)26-23)12-17(28)25-20-18(19(24)29)15-9-6-10-16(15)32-20/h3-5,7-8,13H,6,9-12H2,1-2H3,(H2,24,29)(H,25,28)(H,26,31)/t23-/m1/s1. The number of aryl methyl sites for hydroxylation is 1. The van der Waals surface area contributed by atoms with Crippen LogP contribution in [-0.4, -0.2) is 35.2 Å². The summed E-state index contributed by atoms with van der Waals surface area (Å²) in [5.74, 6) is -1.47. The molecule has 4 rings (SSSR count). The number of imide groups is 1. The Labute approximate surface area is 190 Å². The number of nitrogens with one attached hydrogen (secondary N) is 2. The molecule has 0 spiro atoms. The van der Waals surface area contributed by atoms with Gasteiger partial charge in [0.05, 0.1) is 5.56 Å². The average Bonchev–Trinajstić information content (AvgIpc) is 3.37. The lowest BCUT2D eigenvalue weighted by atomic mass is 9.82. The fraction of sp³-hybridized carbons (Fsp3) is 0.391. The van der Waals surface area contributed by atoms with Gasteiger partial charge in [0.1, 0.15) is 17.1 Å². The third-order valence-electron chi connectivity index (χ3n) is 5.88. The number of primary amides is 1. The van der Waals surface area contributed by atoms with Crippen LogP contribution in [-0.2, 0) is 28.0 Å². The first kappa shape index (κ1) is 22.0. The number of amides is 5. The van der Waals surface area contributed by atoms with Crippen LogP contribution < -0.4 is 16.4 Å². The van der Waals surface area contributed by atoms with Gasteiger partial charge < -0.3 is 16.4 Å². The lowest BCUT2D eigenvalue weighted by Gasteiger charge is -2.29. The van der Waals surface area contributed by atoms with Crippen LogP contribution in [0.25, 0.3) is 0 Å². The molecule has 5 amide bonds. The summed E-state index contributed by atoms with van der Waals surface area (Å²) in [5.41, 5.74) is 6.25. The molecule has 4 N–H and O–H groups in total. The van der Waals surface area contributed by atoms with Gasteiger partial charge in [0.15, 0.2) is 0 Å². The van der Waals surface area contributed by atoms with Gasteiger partial charge in [-0.1, -0.05) is 44.2 Å². The van der Waals surface area contributed by atoms with Gasteiger partial charge in [-0.2, -0.15) is 0 Å².